The number of nitrogens with zero attached hydrogens (tertiary/aromatic N) is 1. The standard InChI is InChI=1S/C30H54N6O7/c1-9-13-21(33-29(42)25(19(7)37)35-27(40)22(16-17(4)5)32-20(8)38)26(39)34-24(18(6)10-2)30(43)36-15-12-14-23(36)28(41)31-11-3/h17-19,21-25,37H,9-16H2,1-8H3,(H,31,41)(H,32,38)(H,33,42)(H,34,39)(H,35,40)/t18-,19+,21-,22+,23-,24-,25-/m0/s1. The summed E-state index contributed by atoms with van der Waals surface area (Å²) < 4.78 is 0. The summed E-state index contributed by atoms with van der Waals surface area (Å²) in [6, 6.07) is -4.86. The molecule has 246 valence electrons. The molecule has 0 spiro atoms. The van der Waals surface area contributed by atoms with E-state index in [-0.39, 0.29) is 30.1 Å². The molecule has 1 aliphatic heterocycles. The highest BCUT2D eigenvalue weighted by molar-refractivity contribution is 5.96. The highest BCUT2D eigenvalue weighted by Gasteiger charge is 2.40. The first-order valence-corrected chi connectivity index (χ1v) is 15.6. The van der Waals surface area contributed by atoms with Gasteiger partial charge in [-0.1, -0.05) is 47.5 Å². The van der Waals surface area contributed by atoms with Gasteiger partial charge in [-0.05, 0) is 51.4 Å². The second kappa shape index (κ2) is 18.4. The van der Waals surface area contributed by atoms with Crippen LogP contribution in [-0.4, -0.2) is 94.9 Å². The van der Waals surface area contributed by atoms with Gasteiger partial charge in [0.05, 0.1) is 6.10 Å². The molecule has 0 radical (unpaired) electrons. The molecule has 0 aromatic heterocycles. The molecular formula is C30H54N6O7. The molecule has 1 saturated heterocycles. The number of carbonyl (C=O) groups is 6. The summed E-state index contributed by atoms with van der Waals surface area (Å²) in [6.07, 6.45) is 1.59. The third-order valence-corrected chi connectivity index (χ3v) is 7.64. The van der Waals surface area contributed by atoms with Gasteiger partial charge < -0.3 is 36.6 Å². The summed E-state index contributed by atoms with van der Waals surface area (Å²) in [5.74, 6) is -3.13. The highest BCUT2D eigenvalue weighted by Crippen LogP contribution is 2.21. The summed E-state index contributed by atoms with van der Waals surface area (Å²) in [5, 5.41) is 23.7. The van der Waals surface area contributed by atoms with Crippen molar-refractivity contribution in [2.45, 2.75) is 130 Å². The lowest BCUT2D eigenvalue weighted by molar-refractivity contribution is -0.143. The van der Waals surface area contributed by atoms with Crippen molar-refractivity contribution in [1.29, 1.82) is 0 Å². The molecule has 1 rings (SSSR count). The second-order valence-corrected chi connectivity index (χ2v) is 11.9. The van der Waals surface area contributed by atoms with Crippen molar-refractivity contribution in [2.75, 3.05) is 13.1 Å². The van der Waals surface area contributed by atoms with Crippen LogP contribution in [0.5, 0.6) is 0 Å². The number of aliphatic hydroxyl groups is 1. The maximum Gasteiger partial charge on any atom is 0.246 e. The first-order chi connectivity index (χ1) is 20.2. The Balaban J connectivity index is 3.12. The molecule has 0 aliphatic carbocycles. The quantitative estimate of drug-likeness (QED) is 0.137. The summed E-state index contributed by atoms with van der Waals surface area (Å²) >= 11 is 0. The number of likely N-dealkylation sites (tertiary alicyclic amines) is 1. The van der Waals surface area contributed by atoms with E-state index in [0.29, 0.717) is 45.2 Å². The Morgan fingerprint density at radius 2 is 1.44 bits per heavy atom. The summed E-state index contributed by atoms with van der Waals surface area (Å²) in [5.41, 5.74) is 0. The maximum absolute atomic E-state index is 13.7. The van der Waals surface area contributed by atoms with Crippen LogP contribution in [-0.2, 0) is 28.8 Å². The van der Waals surface area contributed by atoms with E-state index in [9.17, 15) is 33.9 Å². The minimum absolute atomic E-state index is 0.0668. The van der Waals surface area contributed by atoms with Gasteiger partial charge in [-0.3, -0.25) is 28.8 Å². The van der Waals surface area contributed by atoms with E-state index >= 15 is 0 Å². The zero-order chi connectivity index (χ0) is 32.9. The molecule has 0 aromatic carbocycles. The molecule has 6 N–H and O–H groups in total. The monoisotopic (exact) mass is 610 g/mol. The third kappa shape index (κ3) is 11.8. The summed E-state index contributed by atoms with van der Waals surface area (Å²) in [4.78, 5) is 79.2. The van der Waals surface area contributed by atoms with E-state index in [1.807, 2.05) is 41.5 Å². The Kier molecular flexibility index (Phi) is 16.2. The number of carbonyl (C=O) groups excluding carboxylic acids is 6. The van der Waals surface area contributed by atoms with Gasteiger partial charge in [0, 0.05) is 20.0 Å². The average molecular weight is 611 g/mol. The molecule has 0 aromatic rings. The van der Waals surface area contributed by atoms with E-state index in [2.05, 4.69) is 26.6 Å². The first kappa shape index (κ1) is 37.8. The van der Waals surface area contributed by atoms with Gasteiger partial charge in [0.25, 0.3) is 0 Å². The summed E-state index contributed by atoms with van der Waals surface area (Å²) in [7, 11) is 0. The van der Waals surface area contributed by atoms with Crippen LogP contribution in [0, 0.1) is 11.8 Å². The topological polar surface area (TPSA) is 186 Å². The van der Waals surface area contributed by atoms with Crippen molar-refractivity contribution in [3.8, 4) is 0 Å². The highest BCUT2D eigenvalue weighted by atomic mass is 16.3. The Bertz CT molecular complexity index is 973. The fourth-order valence-corrected chi connectivity index (χ4v) is 5.14. The van der Waals surface area contributed by atoms with E-state index in [0.717, 1.165) is 0 Å². The van der Waals surface area contributed by atoms with E-state index in [1.165, 1.54) is 18.7 Å². The largest absolute Gasteiger partial charge is 0.391 e. The van der Waals surface area contributed by atoms with Gasteiger partial charge in [-0.15, -0.1) is 0 Å². The normalized spacial score (nSPS) is 18.9. The first-order valence-electron chi connectivity index (χ1n) is 15.6. The SMILES string of the molecule is CCC[C@H](NC(=O)[C@@H](NC(=O)[C@@H](CC(C)C)NC(C)=O)[C@@H](C)O)C(=O)N[C@H](C(=O)N1CCC[C@H]1C(=O)NCC)[C@@H](C)CC. The van der Waals surface area contributed by atoms with Crippen LogP contribution in [0.4, 0.5) is 0 Å². The van der Waals surface area contributed by atoms with Gasteiger partial charge >= 0.3 is 0 Å². The lowest BCUT2D eigenvalue weighted by Crippen LogP contribution is -2.61. The lowest BCUT2D eigenvalue weighted by Gasteiger charge is -2.32. The lowest BCUT2D eigenvalue weighted by atomic mass is 9.96. The Morgan fingerprint density at radius 1 is 0.837 bits per heavy atom. The fourth-order valence-electron chi connectivity index (χ4n) is 5.14. The number of rotatable bonds is 17. The van der Waals surface area contributed by atoms with Gasteiger partial charge in [0.1, 0.15) is 30.2 Å². The average Bonchev–Trinajstić information content (AvgIpc) is 3.42. The van der Waals surface area contributed by atoms with Crippen LogP contribution in [0.25, 0.3) is 0 Å². The smallest absolute Gasteiger partial charge is 0.246 e. The maximum atomic E-state index is 13.7. The predicted octanol–water partition coefficient (Wildman–Crippen LogP) is 0.346. The number of hydrogen-bond donors (Lipinski definition) is 6. The number of amides is 6. The van der Waals surface area contributed by atoms with Crippen molar-refractivity contribution in [1.82, 2.24) is 31.5 Å². The number of nitrogens with one attached hydrogen (secondary N) is 5. The molecule has 1 aliphatic rings. The van der Waals surface area contributed by atoms with Crippen molar-refractivity contribution in [3.63, 3.8) is 0 Å². The van der Waals surface area contributed by atoms with Crippen LogP contribution in [0.3, 0.4) is 0 Å². The molecule has 0 saturated carbocycles. The molecule has 7 atom stereocenters. The van der Waals surface area contributed by atoms with Crippen LogP contribution < -0.4 is 26.6 Å². The van der Waals surface area contributed by atoms with Crippen LogP contribution in [0.15, 0.2) is 0 Å². The zero-order valence-electron chi connectivity index (χ0n) is 27.1. The minimum Gasteiger partial charge on any atom is -0.391 e. The minimum atomic E-state index is -1.39. The fraction of sp³-hybridized carbons (Fsp3) is 0.800. The molecule has 43 heavy (non-hydrogen) atoms. The molecule has 0 bridgehead atoms. The van der Waals surface area contributed by atoms with Crippen LogP contribution in [0.2, 0.25) is 0 Å². The van der Waals surface area contributed by atoms with Gasteiger partial charge in [0.2, 0.25) is 35.4 Å². The molecule has 13 heteroatoms. The molecule has 13 nitrogen and oxygen atoms in total. The van der Waals surface area contributed by atoms with Crippen molar-refractivity contribution < 1.29 is 33.9 Å². The van der Waals surface area contributed by atoms with E-state index < -0.39 is 59.9 Å². The molecule has 6 amide bonds. The van der Waals surface area contributed by atoms with Crippen molar-refractivity contribution in [3.05, 3.63) is 0 Å². The third-order valence-electron chi connectivity index (χ3n) is 7.64. The van der Waals surface area contributed by atoms with Crippen molar-refractivity contribution in [2.24, 2.45) is 11.8 Å². The van der Waals surface area contributed by atoms with Crippen LogP contribution in [0.1, 0.15) is 93.9 Å². The Labute approximate surface area is 256 Å². The number of aliphatic hydroxyl groups excluding tert-OH is 1. The second-order valence-electron chi connectivity index (χ2n) is 11.9. The summed E-state index contributed by atoms with van der Waals surface area (Å²) in [6.45, 7) is 14.6. The van der Waals surface area contributed by atoms with Crippen LogP contribution >= 0.6 is 0 Å². The van der Waals surface area contributed by atoms with Gasteiger partial charge in [-0.2, -0.15) is 0 Å². The van der Waals surface area contributed by atoms with E-state index in [1.54, 1.807) is 0 Å². The Hall–Kier alpha value is -3.22. The molecule has 1 fully saturated rings. The van der Waals surface area contributed by atoms with Crippen molar-refractivity contribution >= 4 is 35.4 Å². The molecule has 1 heterocycles. The number of likely N-dealkylation sites (N-methyl/N-ethyl adjacent to an activating group) is 1. The molecule has 0 unspecified atom stereocenters. The van der Waals surface area contributed by atoms with E-state index in [4.69, 9.17) is 0 Å². The zero-order valence-corrected chi connectivity index (χ0v) is 27.1. The Morgan fingerprint density at radius 3 is 1.95 bits per heavy atom. The number of hydrogen-bond acceptors (Lipinski definition) is 7. The predicted molar refractivity (Wildman–Crippen MR) is 162 cm³/mol. The van der Waals surface area contributed by atoms with Gasteiger partial charge in [0.15, 0.2) is 0 Å². The molecular weight excluding hydrogens is 556 g/mol. The van der Waals surface area contributed by atoms with Gasteiger partial charge in [-0.25, -0.2) is 0 Å².